The van der Waals surface area contributed by atoms with Crippen LogP contribution in [-0.4, -0.2) is 28.0 Å². The molecule has 0 radical (unpaired) electrons. The molecule has 0 bridgehead atoms. The highest BCUT2D eigenvalue weighted by atomic mass is 35.5. The maximum Gasteiger partial charge on any atom is 0.287 e. The maximum absolute atomic E-state index is 12.7. The van der Waals surface area contributed by atoms with E-state index in [1.165, 1.54) is 4.68 Å². The summed E-state index contributed by atoms with van der Waals surface area (Å²) >= 11 is 6.43. The summed E-state index contributed by atoms with van der Waals surface area (Å²) in [7, 11) is 0. The lowest BCUT2D eigenvalue weighted by Gasteiger charge is -2.25. The third kappa shape index (κ3) is 4.96. The fourth-order valence-electron chi connectivity index (χ4n) is 2.90. The van der Waals surface area contributed by atoms with Crippen molar-refractivity contribution in [2.24, 2.45) is 0 Å². The number of halogens is 1. The first-order valence-electron chi connectivity index (χ1n) is 8.88. The van der Waals surface area contributed by atoms with Crippen LogP contribution in [0.25, 0.3) is 0 Å². The summed E-state index contributed by atoms with van der Waals surface area (Å²) in [6.45, 7) is 1.61. The van der Waals surface area contributed by atoms with Gasteiger partial charge in [-0.15, -0.1) is 0 Å². The molecular weight excluding hydrogens is 362 g/mol. The molecule has 140 valence electrons. The summed E-state index contributed by atoms with van der Waals surface area (Å²) < 4.78 is 1.37. The van der Waals surface area contributed by atoms with Crippen molar-refractivity contribution in [3.63, 3.8) is 0 Å². The monoisotopic (exact) mass is 383 g/mol. The Kier molecular flexibility index (Phi) is 6.63. The lowest BCUT2D eigenvalue weighted by molar-refractivity contribution is 0.289. The van der Waals surface area contributed by atoms with E-state index in [9.17, 15) is 9.90 Å². The van der Waals surface area contributed by atoms with Crippen molar-refractivity contribution in [1.29, 1.82) is 0 Å². The predicted molar refractivity (Wildman–Crippen MR) is 108 cm³/mol. The van der Waals surface area contributed by atoms with Gasteiger partial charge in [-0.05, 0) is 17.5 Å². The van der Waals surface area contributed by atoms with Gasteiger partial charge in [0.2, 0.25) is 0 Å². The van der Waals surface area contributed by atoms with Gasteiger partial charge in [-0.2, -0.15) is 5.10 Å². The molecule has 0 saturated carbocycles. The van der Waals surface area contributed by atoms with Gasteiger partial charge in [0.05, 0.1) is 18.4 Å². The van der Waals surface area contributed by atoms with Crippen LogP contribution in [0.5, 0.6) is 0 Å². The first kappa shape index (κ1) is 19.1. The molecule has 0 atom stereocenters. The van der Waals surface area contributed by atoms with Gasteiger partial charge >= 0.3 is 0 Å². The largest absolute Gasteiger partial charge is 0.396 e. The average molecular weight is 384 g/mol. The second kappa shape index (κ2) is 9.35. The molecule has 1 N–H and O–H groups in total. The Balaban J connectivity index is 1.88. The Labute approximate surface area is 163 Å². The molecule has 3 rings (SSSR count). The maximum atomic E-state index is 12.7. The Morgan fingerprint density at radius 3 is 2.26 bits per heavy atom. The average Bonchev–Trinajstić information content (AvgIpc) is 2.71. The molecule has 6 heteroatoms. The van der Waals surface area contributed by atoms with Crippen molar-refractivity contribution in [3.05, 3.63) is 93.4 Å². The second-order valence-electron chi connectivity index (χ2n) is 6.28. The van der Waals surface area contributed by atoms with Crippen LogP contribution in [0.2, 0.25) is 5.02 Å². The molecule has 0 saturated heterocycles. The molecule has 2 aromatic carbocycles. The van der Waals surface area contributed by atoms with Crippen LogP contribution in [0, 0.1) is 0 Å². The Bertz CT molecular complexity index is 914. The van der Waals surface area contributed by atoms with Gasteiger partial charge in [-0.1, -0.05) is 72.3 Å². The van der Waals surface area contributed by atoms with Gasteiger partial charge in [-0.3, -0.25) is 4.79 Å². The van der Waals surface area contributed by atoms with Crippen molar-refractivity contribution < 1.29 is 5.11 Å². The highest BCUT2D eigenvalue weighted by Gasteiger charge is 2.16. The number of hydrogen-bond donors (Lipinski definition) is 1. The number of aromatic nitrogens is 2. The normalized spacial score (nSPS) is 10.7. The van der Waals surface area contributed by atoms with Crippen molar-refractivity contribution >= 4 is 17.3 Å². The molecular formula is C21H22ClN3O2. The number of aliphatic hydroxyl groups is 1. The summed E-state index contributed by atoms with van der Waals surface area (Å²) in [6, 6.07) is 19.6. The summed E-state index contributed by atoms with van der Waals surface area (Å²) in [5.41, 5.74) is 2.35. The minimum Gasteiger partial charge on any atom is -0.396 e. The molecule has 0 aliphatic carbocycles. The molecule has 27 heavy (non-hydrogen) atoms. The lowest BCUT2D eigenvalue weighted by atomic mass is 10.2. The van der Waals surface area contributed by atoms with Crippen LogP contribution in [0.1, 0.15) is 17.5 Å². The Morgan fingerprint density at radius 1 is 1.00 bits per heavy atom. The van der Waals surface area contributed by atoms with E-state index in [0.717, 1.165) is 11.1 Å². The fraction of sp³-hybridized carbons (Fsp3) is 0.238. The summed E-state index contributed by atoms with van der Waals surface area (Å²) in [5.74, 6) is 0. The first-order valence-corrected chi connectivity index (χ1v) is 9.26. The third-order valence-electron chi connectivity index (χ3n) is 4.28. The van der Waals surface area contributed by atoms with Crippen LogP contribution in [0.4, 0.5) is 5.69 Å². The zero-order valence-corrected chi connectivity index (χ0v) is 15.7. The van der Waals surface area contributed by atoms with E-state index in [4.69, 9.17) is 11.6 Å². The first-order chi connectivity index (χ1) is 13.2. The minimum absolute atomic E-state index is 0.0708. The van der Waals surface area contributed by atoms with E-state index in [0.29, 0.717) is 31.7 Å². The molecule has 0 spiro atoms. The molecule has 1 aromatic heterocycles. The number of benzene rings is 2. The topological polar surface area (TPSA) is 58.4 Å². The van der Waals surface area contributed by atoms with Crippen molar-refractivity contribution in [1.82, 2.24) is 9.78 Å². The molecule has 0 aliphatic rings. The molecule has 1 heterocycles. The molecule has 5 nitrogen and oxygen atoms in total. The third-order valence-corrected chi connectivity index (χ3v) is 4.64. The van der Waals surface area contributed by atoms with Crippen LogP contribution in [0.15, 0.2) is 71.7 Å². The SMILES string of the molecule is O=c1c(Cl)c(N(CCCO)Cc2ccccc2)cnn1Cc1ccccc1. The van der Waals surface area contributed by atoms with Gasteiger partial charge in [0.15, 0.2) is 0 Å². The van der Waals surface area contributed by atoms with Crippen LogP contribution in [-0.2, 0) is 13.1 Å². The Hall–Kier alpha value is -2.63. The molecule has 3 aromatic rings. The zero-order chi connectivity index (χ0) is 19.1. The summed E-state index contributed by atoms with van der Waals surface area (Å²) in [6.07, 6.45) is 2.21. The van der Waals surface area contributed by atoms with Gasteiger partial charge < -0.3 is 10.0 Å². The Morgan fingerprint density at radius 2 is 1.63 bits per heavy atom. The van der Waals surface area contributed by atoms with E-state index < -0.39 is 0 Å². The molecule has 0 unspecified atom stereocenters. The number of aliphatic hydroxyl groups excluding tert-OH is 1. The van der Waals surface area contributed by atoms with E-state index in [1.54, 1.807) is 6.20 Å². The number of anilines is 1. The molecule has 0 amide bonds. The number of rotatable bonds is 8. The van der Waals surface area contributed by atoms with E-state index >= 15 is 0 Å². The van der Waals surface area contributed by atoms with Gasteiger partial charge in [0.25, 0.3) is 5.56 Å². The number of nitrogens with zero attached hydrogens (tertiary/aromatic N) is 3. The molecule has 0 aliphatic heterocycles. The summed E-state index contributed by atoms with van der Waals surface area (Å²) in [4.78, 5) is 14.7. The quantitative estimate of drug-likeness (QED) is 0.648. The highest BCUT2D eigenvalue weighted by molar-refractivity contribution is 6.33. The predicted octanol–water partition coefficient (Wildman–Crippen LogP) is 3.33. The van der Waals surface area contributed by atoms with Crippen molar-refractivity contribution in [2.75, 3.05) is 18.1 Å². The lowest BCUT2D eigenvalue weighted by Crippen LogP contribution is -2.30. The van der Waals surface area contributed by atoms with Crippen molar-refractivity contribution in [2.45, 2.75) is 19.5 Å². The smallest absolute Gasteiger partial charge is 0.287 e. The highest BCUT2D eigenvalue weighted by Crippen LogP contribution is 2.23. The van der Waals surface area contributed by atoms with E-state index in [1.807, 2.05) is 65.6 Å². The van der Waals surface area contributed by atoms with E-state index in [-0.39, 0.29) is 17.2 Å². The van der Waals surface area contributed by atoms with Gasteiger partial charge in [0, 0.05) is 19.7 Å². The van der Waals surface area contributed by atoms with Crippen LogP contribution >= 0.6 is 11.6 Å². The summed E-state index contributed by atoms with van der Waals surface area (Å²) in [5, 5.41) is 13.7. The van der Waals surface area contributed by atoms with Gasteiger partial charge in [-0.25, -0.2) is 4.68 Å². The van der Waals surface area contributed by atoms with E-state index in [2.05, 4.69) is 5.10 Å². The van der Waals surface area contributed by atoms with Crippen LogP contribution < -0.4 is 10.5 Å². The zero-order valence-electron chi connectivity index (χ0n) is 15.0. The van der Waals surface area contributed by atoms with Crippen LogP contribution in [0.3, 0.4) is 0 Å². The van der Waals surface area contributed by atoms with Gasteiger partial charge in [0.1, 0.15) is 5.02 Å². The number of hydrogen-bond acceptors (Lipinski definition) is 4. The van der Waals surface area contributed by atoms with Crippen molar-refractivity contribution in [3.8, 4) is 0 Å². The minimum atomic E-state index is -0.319. The fourth-order valence-corrected chi connectivity index (χ4v) is 3.16. The second-order valence-corrected chi connectivity index (χ2v) is 6.65. The standard InChI is InChI=1S/C21H22ClN3O2/c22-20-19(24(12-7-13-26)15-17-8-3-1-4-9-17)14-23-25(21(20)27)16-18-10-5-2-6-11-18/h1-6,8-11,14,26H,7,12-13,15-16H2. The molecule has 0 fully saturated rings.